The van der Waals surface area contributed by atoms with Gasteiger partial charge in [-0.05, 0) is 24.3 Å². The van der Waals surface area contributed by atoms with E-state index in [-0.39, 0.29) is 0 Å². The maximum Gasteiger partial charge on any atom is 0.0166 e. The van der Waals surface area contributed by atoms with Gasteiger partial charge in [-0.15, -0.1) is 0 Å². The third-order valence-corrected chi connectivity index (χ3v) is 3.41. The van der Waals surface area contributed by atoms with E-state index in [0.717, 1.165) is 25.6 Å². The number of nitrogens with one attached hydrogen (secondary N) is 1. The average molecular weight is 238 g/mol. The molecular formula is C15H30N2. The highest BCUT2D eigenvalue weighted by molar-refractivity contribution is 5.14. The molecule has 0 unspecified atom stereocenters. The fraction of sp³-hybridized carbons (Fsp3) is 0.867. The van der Waals surface area contributed by atoms with E-state index < -0.39 is 0 Å². The molecule has 0 aromatic heterocycles. The summed E-state index contributed by atoms with van der Waals surface area (Å²) in [6, 6.07) is 0. The van der Waals surface area contributed by atoms with E-state index in [2.05, 4.69) is 50.9 Å². The van der Waals surface area contributed by atoms with E-state index in [4.69, 9.17) is 0 Å². The third kappa shape index (κ3) is 5.69. The molecule has 0 aromatic rings. The molecule has 0 spiro atoms. The number of hydrogen-bond acceptors (Lipinski definition) is 2. The van der Waals surface area contributed by atoms with Crippen molar-refractivity contribution in [1.82, 2.24) is 10.2 Å². The van der Waals surface area contributed by atoms with Crippen molar-refractivity contribution in [3.63, 3.8) is 0 Å². The molecule has 0 aromatic carbocycles. The van der Waals surface area contributed by atoms with Gasteiger partial charge in [-0.25, -0.2) is 0 Å². The molecule has 0 saturated carbocycles. The van der Waals surface area contributed by atoms with Gasteiger partial charge in [0.1, 0.15) is 0 Å². The molecule has 2 heteroatoms. The van der Waals surface area contributed by atoms with Crippen LogP contribution >= 0.6 is 0 Å². The highest BCUT2D eigenvalue weighted by atomic mass is 15.1. The van der Waals surface area contributed by atoms with Crippen molar-refractivity contribution in [2.75, 3.05) is 32.7 Å². The van der Waals surface area contributed by atoms with Gasteiger partial charge in [-0.2, -0.15) is 0 Å². The molecule has 1 N–H and O–H groups in total. The van der Waals surface area contributed by atoms with Crippen LogP contribution in [0.15, 0.2) is 11.6 Å². The Morgan fingerprint density at radius 2 is 2.06 bits per heavy atom. The Hall–Kier alpha value is -0.340. The second-order valence-corrected chi connectivity index (χ2v) is 6.63. The van der Waals surface area contributed by atoms with E-state index in [1.807, 2.05) is 0 Å². The van der Waals surface area contributed by atoms with Crippen LogP contribution in [-0.2, 0) is 0 Å². The molecule has 100 valence electrons. The first kappa shape index (κ1) is 14.7. The van der Waals surface area contributed by atoms with Gasteiger partial charge in [-0.1, -0.05) is 46.3 Å². The van der Waals surface area contributed by atoms with Crippen molar-refractivity contribution in [3.05, 3.63) is 11.6 Å². The van der Waals surface area contributed by atoms with Crippen molar-refractivity contribution >= 4 is 0 Å². The normalized spacial score (nSPS) is 18.6. The highest BCUT2D eigenvalue weighted by Crippen LogP contribution is 2.29. The molecule has 0 fully saturated rings. The van der Waals surface area contributed by atoms with Gasteiger partial charge in [0.05, 0.1) is 0 Å². The van der Waals surface area contributed by atoms with E-state index >= 15 is 0 Å². The second-order valence-electron chi connectivity index (χ2n) is 6.63. The summed E-state index contributed by atoms with van der Waals surface area (Å²) in [5.41, 5.74) is 1.99. The first-order valence-electron chi connectivity index (χ1n) is 7.02. The molecule has 0 radical (unpaired) electrons. The van der Waals surface area contributed by atoms with E-state index in [9.17, 15) is 0 Å². The largest absolute Gasteiger partial charge is 0.315 e. The Bertz CT molecular complexity index is 248. The van der Waals surface area contributed by atoms with Gasteiger partial charge in [0.15, 0.2) is 0 Å². The maximum atomic E-state index is 3.51. The molecule has 0 atom stereocenters. The Balaban J connectivity index is 2.21. The molecule has 1 aliphatic rings. The lowest BCUT2D eigenvalue weighted by atomic mass is 9.83. The minimum absolute atomic E-state index is 0.363. The molecule has 0 saturated heterocycles. The van der Waals surface area contributed by atoms with Crippen LogP contribution in [0.25, 0.3) is 0 Å². The third-order valence-electron chi connectivity index (χ3n) is 3.41. The second kappa shape index (κ2) is 6.55. The summed E-state index contributed by atoms with van der Waals surface area (Å²) in [7, 11) is 0. The van der Waals surface area contributed by atoms with E-state index in [0.29, 0.717) is 5.41 Å². The van der Waals surface area contributed by atoms with Gasteiger partial charge in [0, 0.05) is 26.2 Å². The van der Waals surface area contributed by atoms with Crippen LogP contribution in [0, 0.1) is 11.3 Å². The fourth-order valence-corrected chi connectivity index (χ4v) is 2.22. The van der Waals surface area contributed by atoms with Gasteiger partial charge < -0.3 is 5.32 Å². The quantitative estimate of drug-likeness (QED) is 0.585. The van der Waals surface area contributed by atoms with E-state index in [1.54, 1.807) is 5.57 Å². The Morgan fingerprint density at radius 1 is 1.35 bits per heavy atom. The molecule has 17 heavy (non-hydrogen) atoms. The predicted molar refractivity (Wildman–Crippen MR) is 76.3 cm³/mol. The zero-order chi connectivity index (χ0) is 12.9. The summed E-state index contributed by atoms with van der Waals surface area (Å²) in [6.07, 6.45) is 3.68. The molecule has 0 aliphatic carbocycles. The molecule has 0 bridgehead atoms. The van der Waals surface area contributed by atoms with Crippen LogP contribution in [0.4, 0.5) is 0 Å². The van der Waals surface area contributed by atoms with Gasteiger partial charge in [-0.3, -0.25) is 4.90 Å². The number of nitrogens with zero attached hydrogens (tertiary/aromatic N) is 1. The summed E-state index contributed by atoms with van der Waals surface area (Å²) in [5.74, 6) is 0.753. The summed E-state index contributed by atoms with van der Waals surface area (Å²) in [4.78, 5) is 2.54. The molecule has 2 nitrogen and oxygen atoms in total. The van der Waals surface area contributed by atoms with Crippen LogP contribution in [0.5, 0.6) is 0 Å². The van der Waals surface area contributed by atoms with Crippen molar-refractivity contribution in [2.45, 2.75) is 41.0 Å². The lowest BCUT2D eigenvalue weighted by Crippen LogP contribution is -2.37. The molecule has 1 heterocycles. The summed E-state index contributed by atoms with van der Waals surface area (Å²) >= 11 is 0. The molecule has 1 aliphatic heterocycles. The molecular weight excluding hydrogens is 208 g/mol. The van der Waals surface area contributed by atoms with Crippen LogP contribution < -0.4 is 5.32 Å². The average Bonchev–Trinajstić information content (AvgIpc) is 2.23. The smallest absolute Gasteiger partial charge is 0.0166 e. The monoisotopic (exact) mass is 238 g/mol. The molecule has 1 rings (SSSR count). The lowest BCUT2D eigenvalue weighted by molar-refractivity contribution is 0.277. The van der Waals surface area contributed by atoms with Gasteiger partial charge in [0.2, 0.25) is 0 Å². The summed E-state index contributed by atoms with van der Waals surface area (Å²) in [5, 5.41) is 3.51. The standard InChI is InChI=1S/C15H30N2/c1-13(2)12-16-8-11-17-9-6-14(7-10-17)15(3,4)5/h6,13,16H,7-12H2,1-5H3. The minimum Gasteiger partial charge on any atom is -0.315 e. The minimum atomic E-state index is 0.363. The highest BCUT2D eigenvalue weighted by Gasteiger charge is 2.20. The van der Waals surface area contributed by atoms with Gasteiger partial charge in [0.25, 0.3) is 0 Å². The first-order chi connectivity index (χ1) is 7.89. The van der Waals surface area contributed by atoms with Crippen LogP contribution in [0.3, 0.4) is 0 Å². The van der Waals surface area contributed by atoms with Crippen molar-refractivity contribution < 1.29 is 0 Å². The SMILES string of the molecule is CC(C)CNCCN1CC=C(C(C)(C)C)CC1. The Labute approximate surface area is 107 Å². The van der Waals surface area contributed by atoms with E-state index in [1.165, 1.54) is 19.5 Å². The number of hydrogen-bond donors (Lipinski definition) is 1. The van der Waals surface area contributed by atoms with Crippen molar-refractivity contribution in [1.29, 1.82) is 0 Å². The Kier molecular flexibility index (Phi) is 5.68. The van der Waals surface area contributed by atoms with Crippen LogP contribution in [0.1, 0.15) is 41.0 Å². The van der Waals surface area contributed by atoms with Crippen molar-refractivity contribution in [2.24, 2.45) is 11.3 Å². The maximum absolute atomic E-state index is 3.51. The first-order valence-corrected chi connectivity index (χ1v) is 7.02. The summed E-state index contributed by atoms with van der Waals surface area (Å²) in [6.45, 7) is 17.3. The lowest BCUT2D eigenvalue weighted by Gasteiger charge is -2.32. The van der Waals surface area contributed by atoms with Crippen LogP contribution in [0.2, 0.25) is 0 Å². The van der Waals surface area contributed by atoms with Gasteiger partial charge >= 0.3 is 0 Å². The zero-order valence-electron chi connectivity index (χ0n) is 12.3. The Morgan fingerprint density at radius 3 is 2.53 bits per heavy atom. The molecule has 0 amide bonds. The number of rotatable bonds is 5. The topological polar surface area (TPSA) is 15.3 Å². The van der Waals surface area contributed by atoms with Crippen LogP contribution in [-0.4, -0.2) is 37.6 Å². The fourth-order valence-electron chi connectivity index (χ4n) is 2.22. The zero-order valence-corrected chi connectivity index (χ0v) is 12.3. The summed E-state index contributed by atoms with van der Waals surface area (Å²) < 4.78 is 0. The van der Waals surface area contributed by atoms with Crippen molar-refractivity contribution in [3.8, 4) is 0 Å². The predicted octanol–water partition coefficient (Wildman–Crippen LogP) is 2.91.